The van der Waals surface area contributed by atoms with Crippen molar-refractivity contribution in [1.29, 1.82) is 0 Å². The van der Waals surface area contributed by atoms with E-state index >= 15 is 0 Å². The highest BCUT2D eigenvalue weighted by molar-refractivity contribution is 14.1. The fourth-order valence-electron chi connectivity index (χ4n) is 3.90. The zero-order valence-electron chi connectivity index (χ0n) is 15.8. The molecule has 0 aromatic heterocycles. The molecule has 0 aliphatic heterocycles. The van der Waals surface area contributed by atoms with E-state index < -0.39 is 5.41 Å². The Morgan fingerprint density at radius 2 is 0.655 bits per heavy atom. The molecule has 4 heteroatoms. The van der Waals surface area contributed by atoms with E-state index in [4.69, 9.17) is 17.2 Å². The maximum Gasteiger partial charge on any atom is 0.0701 e. The fourth-order valence-corrected chi connectivity index (χ4v) is 4.26. The molecule has 0 aliphatic rings. The van der Waals surface area contributed by atoms with E-state index in [-0.39, 0.29) is 0 Å². The van der Waals surface area contributed by atoms with Crippen molar-refractivity contribution in [2.75, 3.05) is 17.2 Å². The number of nitrogens with two attached hydrogens (primary N) is 3. The molecule has 144 valence electrons. The molecular formula is C25H22IN3. The van der Waals surface area contributed by atoms with Crippen LogP contribution in [0.3, 0.4) is 0 Å². The smallest absolute Gasteiger partial charge is 0.0701 e. The van der Waals surface area contributed by atoms with Gasteiger partial charge in [-0.05, 0) is 93.4 Å². The predicted octanol–water partition coefficient (Wildman–Crippen LogP) is 5.42. The molecule has 0 saturated heterocycles. The topological polar surface area (TPSA) is 78.1 Å². The van der Waals surface area contributed by atoms with Crippen LogP contribution in [0.25, 0.3) is 0 Å². The Morgan fingerprint density at radius 3 is 0.931 bits per heavy atom. The highest BCUT2D eigenvalue weighted by atomic mass is 127. The first kappa shape index (κ1) is 19.3. The minimum Gasteiger partial charge on any atom is -0.399 e. The SMILES string of the molecule is Nc1ccc(C(c2ccc(N)cc2)(c2ccc(N)cc2)c2ccc(I)cc2)cc1. The largest absolute Gasteiger partial charge is 0.399 e. The first-order valence-electron chi connectivity index (χ1n) is 9.34. The van der Waals surface area contributed by atoms with E-state index in [2.05, 4.69) is 83.3 Å². The van der Waals surface area contributed by atoms with Gasteiger partial charge in [-0.1, -0.05) is 48.5 Å². The predicted molar refractivity (Wildman–Crippen MR) is 131 cm³/mol. The molecule has 4 aromatic rings. The Morgan fingerprint density at radius 1 is 0.414 bits per heavy atom. The van der Waals surface area contributed by atoms with Gasteiger partial charge in [-0.3, -0.25) is 0 Å². The van der Waals surface area contributed by atoms with E-state index in [1.165, 1.54) is 3.57 Å². The van der Waals surface area contributed by atoms with Crippen LogP contribution in [0.5, 0.6) is 0 Å². The Balaban J connectivity index is 2.11. The molecule has 4 rings (SSSR count). The number of benzene rings is 4. The van der Waals surface area contributed by atoms with Crippen LogP contribution in [-0.4, -0.2) is 0 Å². The van der Waals surface area contributed by atoms with Crippen molar-refractivity contribution >= 4 is 39.7 Å². The molecule has 0 heterocycles. The van der Waals surface area contributed by atoms with Gasteiger partial charge in [0.25, 0.3) is 0 Å². The molecule has 29 heavy (non-hydrogen) atoms. The summed E-state index contributed by atoms with van der Waals surface area (Å²) in [6.07, 6.45) is 0. The van der Waals surface area contributed by atoms with Crippen molar-refractivity contribution in [3.05, 3.63) is 123 Å². The fraction of sp³-hybridized carbons (Fsp3) is 0.0400. The lowest BCUT2D eigenvalue weighted by Crippen LogP contribution is -2.31. The lowest BCUT2D eigenvalue weighted by Gasteiger charge is -2.37. The second-order valence-corrected chi connectivity index (χ2v) is 8.37. The van der Waals surface area contributed by atoms with Crippen molar-refractivity contribution in [2.24, 2.45) is 0 Å². The zero-order valence-corrected chi connectivity index (χ0v) is 18.0. The van der Waals surface area contributed by atoms with Crippen LogP contribution in [-0.2, 0) is 5.41 Å². The molecule has 4 aromatic carbocycles. The Hall–Kier alpha value is -2.99. The number of halogens is 1. The summed E-state index contributed by atoms with van der Waals surface area (Å²) < 4.78 is 1.19. The number of anilines is 3. The van der Waals surface area contributed by atoms with Crippen LogP contribution in [0.1, 0.15) is 22.3 Å². The van der Waals surface area contributed by atoms with Crippen LogP contribution in [0, 0.1) is 3.57 Å². The average Bonchev–Trinajstić information content (AvgIpc) is 2.73. The minimum atomic E-state index is -0.528. The molecule has 0 unspecified atom stereocenters. The Bertz CT molecular complexity index is 913. The molecule has 0 atom stereocenters. The van der Waals surface area contributed by atoms with Gasteiger partial charge in [-0.25, -0.2) is 0 Å². The van der Waals surface area contributed by atoms with Gasteiger partial charge >= 0.3 is 0 Å². The van der Waals surface area contributed by atoms with E-state index in [9.17, 15) is 0 Å². The van der Waals surface area contributed by atoms with Crippen molar-refractivity contribution in [3.8, 4) is 0 Å². The van der Waals surface area contributed by atoms with E-state index in [1.54, 1.807) is 0 Å². The van der Waals surface area contributed by atoms with Gasteiger partial charge in [0.15, 0.2) is 0 Å². The second-order valence-electron chi connectivity index (χ2n) is 7.12. The molecule has 0 bridgehead atoms. The van der Waals surface area contributed by atoms with E-state index in [0.29, 0.717) is 0 Å². The minimum absolute atomic E-state index is 0.528. The van der Waals surface area contributed by atoms with E-state index in [0.717, 1.165) is 39.3 Å². The van der Waals surface area contributed by atoms with Gasteiger partial charge in [-0.2, -0.15) is 0 Å². The van der Waals surface area contributed by atoms with Gasteiger partial charge in [0, 0.05) is 20.6 Å². The van der Waals surface area contributed by atoms with E-state index in [1.807, 2.05) is 36.4 Å². The van der Waals surface area contributed by atoms with Gasteiger partial charge in [-0.15, -0.1) is 0 Å². The number of rotatable bonds is 4. The quantitative estimate of drug-likeness (QED) is 0.203. The summed E-state index contributed by atoms with van der Waals surface area (Å²) in [7, 11) is 0. The van der Waals surface area contributed by atoms with Gasteiger partial charge in [0.1, 0.15) is 0 Å². The van der Waals surface area contributed by atoms with Gasteiger partial charge in [0.05, 0.1) is 5.41 Å². The molecule has 0 spiro atoms. The summed E-state index contributed by atoms with van der Waals surface area (Å²) in [5.74, 6) is 0. The third-order valence-electron chi connectivity index (χ3n) is 5.31. The third kappa shape index (κ3) is 3.56. The summed E-state index contributed by atoms with van der Waals surface area (Å²) in [5, 5.41) is 0. The van der Waals surface area contributed by atoms with Crippen LogP contribution in [0.15, 0.2) is 97.1 Å². The molecule has 6 N–H and O–H groups in total. The highest BCUT2D eigenvalue weighted by Gasteiger charge is 2.38. The monoisotopic (exact) mass is 491 g/mol. The second kappa shape index (κ2) is 7.79. The average molecular weight is 491 g/mol. The number of nitrogen functional groups attached to an aromatic ring is 3. The maximum atomic E-state index is 6.01. The van der Waals surface area contributed by atoms with Crippen molar-refractivity contribution in [3.63, 3.8) is 0 Å². The first-order chi connectivity index (χ1) is 14.0. The lowest BCUT2D eigenvalue weighted by molar-refractivity contribution is 0.745. The van der Waals surface area contributed by atoms with Crippen LogP contribution >= 0.6 is 22.6 Å². The molecule has 0 saturated carbocycles. The number of hydrogen-bond acceptors (Lipinski definition) is 3. The normalized spacial score (nSPS) is 11.3. The van der Waals surface area contributed by atoms with Crippen LogP contribution < -0.4 is 17.2 Å². The highest BCUT2D eigenvalue weighted by Crippen LogP contribution is 2.45. The summed E-state index contributed by atoms with van der Waals surface area (Å²) in [4.78, 5) is 0. The summed E-state index contributed by atoms with van der Waals surface area (Å²) in [6.45, 7) is 0. The Kier molecular flexibility index (Phi) is 5.20. The number of hydrogen-bond donors (Lipinski definition) is 3. The standard InChI is InChI=1S/C25H22IN3/c26-21-9-1-17(2-10-21)25(18-3-11-22(27)12-4-18,19-5-13-23(28)14-6-19)20-7-15-24(29)16-8-20/h1-16H,27-29H2. The molecule has 0 aliphatic carbocycles. The van der Waals surface area contributed by atoms with Crippen molar-refractivity contribution in [2.45, 2.75) is 5.41 Å². The summed E-state index contributed by atoms with van der Waals surface area (Å²) in [6, 6.07) is 32.9. The molecule has 3 nitrogen and oxygen atoms in total. The lowest BCUT2D eigenvalue weighted by atomic mass is 9.65. The first-order valence-corrected chi connectivity index (χ1v) is 10.4. The van der Waals surface area contributed by atoms with Gasteiger partial charge in [0.2, 0.25) is 0 Å². The molecular weight excluding hydrogens is 469 g/mol. The van der Waals surface area contributed by atoms with Crippen molar-refractivity contribution < 1.29 is 0 Å². The zero-order chi connectivity index (χ0) is 20.4. The Labute approximate surface area is 184 Å². The van der Waals surface area contributed by atoms with Crippen molar-refractivity contribution in [1.82, 2.24) is 0 Å². The summed E-state index contributed by atoms with van der Waals surface area (Å²) in [5.41, 5.74) is 24.3. The third-order valence-corrected chi connectivity index (χ3v) is 6.03. The molecule has 0 radical (unpaired) electrons. The van der Waals surface area contributed by atoms with Gasteiger partial charge < -0.3 is 17.2 Å². The summed E-state index contributed by atoms with van der Waals surface area (Å²) >= 11 is 2.33. The van der Waals surface area contributed by atoms with Crippen LogP contribution in [0.4, 0.5) is 17.1 Å². The molecule has 0 amide bonds. The maximum absolute atomic E-state index is 6.01. The molecule has 0 fully saturated rings. The van der Waals surface area contributed by atoms with Crippen LogP contribution in [0.2, 0.25) is 0 Å².